The lowest BCUT2D eigenvalue weighted by atomic mass is 10.0. The van der Waals surface area contributed by atoms with Gasteiger partial charge in [0.05, 0.1) is 17.3 Å². The Hall–Kier alpha value is -2.35. The lowest BCUT2D eigenvalue weighted by Gasteiger charge is -2.42. The van der Waals surface area contributed by atoms with E-state index < -0.39 is 0 Å². The first kappa shape index (κ1) is 14.1. The molecule has 0 N–H and O–H groups in total. The predicted octanol–water partition coefficient (Wildman–Crippen LogP) is 2.52. The molecule has 1 saturated heterocycles. The van der Waals surface area contributed by atoms with Crippen LogP contribution >= 0.6 is 0 Å². The Balaban J connectivity index is 2.40. The smallest absolute Gasteiger partial charge is 0.319 e. The fourth-order valence-electron chi connectivity index (χ4n) is 2.23. The van der Waals surface area contributed by atoms with Crippen molar-refractivity contribution in [2.75, 3.05) is 11.4 Å². The van der Waals surface area contributed by atoms with Gasteiger partial charge in [-0.25, -0.2) is 9.69 Å². The van der Waals surface area contributed by atoms with Crippen molar-refractivity contribution in [1.82, 2.24) is 4.90 Å². The van der Waals surface area contributed by atoms with Crippen molar-refractivity contribution < 1.29 is 9.59 Å². The van der Waals surface area contributed by atoms with Gasteiger partial charge in [-0.3, -0.25) is 4.79 Å². The molecule has 1 aliphatic rings. The Morgan fingerprint density at radius 2 is 1.95 bits per heavy atom. The second-order valence-corrected chi connectivity index (χ2v) is 5.75. The van der Waals surface area contributed by atoms with Gasteiger partial charge < -0.3 is 4.90 Å². The molecule has 1 aromatic carbocycles. The number of anilines is 1. The summed E-state index contributed by atoms with van der Waals surface area (Å²) in [5.41, 5.74) is 0.534. The molecule has 0 aliphatic carbocycles. The second kappa shape index (κ2) is 4.97. The van der Waals surface area contributed by atoms with Crippen molar-refractivity contribution in [2.24, 2.45) is 0 Å². The third-order valence-electron chi connectivity index (χ3n) is 3.26. The van der Waals surface area contributed by atoms with Crippen LogP contribution in [0.25, 0.3) is 0 Å². The molecular weight excluding hydrogens is 254 g/mol. The summed E-state index contributed by atoms with van der Waals surface area (Å²) in [4.78, 5) is 27.4. The van der Waals surface area contributed by atoms with Crippen LogP contribution in [0, 0.1) is 11.3 Å². The van der Waals surface area contributed by atoms with Crippen LogP contribution in [0.2, 0.25) is 0 Å². The summed E-state index contributed by atoms with van der Waals surface area (Å²) in [6, 6.07) is 8.23. The molecule has 20 heavy (non-hydrogen) atoms. The van der Waals surface area contributed by atoms with Crippen molar-refractivity contribution in [1.29, 1.82) is 5.26 Å². The van der Waals surface area contributed by atoms with Gasteiger partial charge >= 0.3 is 6.03 Å². The molecule has 2 rings (SSSR count). The molecular formula is C15H17N3O2. The Bertz CT molecular complexity index is 596. The maximum atomic E-state index is 12.5. The quantitative estimate of drug-likeness (QED) is 0.788. The van der Waals surface area contributed by atoms with Crippen LogP contribution in [-0.4, -0.2) is 28.9 Å². The number of benzene rings is 1. The van der Waals surface area contributed by atoms with Gasteiger partial charge in [-0.1, -0.05) is 6.07 Å². The zero-order valence-electron chi connectivity index (χ0n) is 11.9. The Morgan fingerprint density at radius 3 is 2.55 bits per heavy atom. The largest absolute Gasteiger partial charge is 0.331 e. The summed E-state index contributed by atoms with van der Waals surface area (Å²) in [5, 5.41) is 8.92. The minimum Gasteiger partial charge on any atom is -0.319 e. The number of carbonyl (C=O) groups is 2. The van der Waals surface area contributed by atoms with E-state index in [-0.39, 0.29) is 17.5 Å². The van der Waals surface area contributed by atoms with Gasteiger partial charge in [0.1, 0.15) is 0 Å². The summed E-state index contributed by atoms with van der Waals surface area (Å²) >= 11 is 0. The van der Waals surface area contributed by atoms with E-state index in [1.54, 1.807) is 29.2 Å². The van der Waals surface area contributed by atoms with Crippen molar-refractivity contribution in [3.8, 4) is 6.07 Å². The molecule has 1 heterocycles. The topological polar surface area (TPSA) is 64.4 Å². The molecule has 1 fully saturated rings. The Labute approximate surface area is 118 Å². The van der Waals surface area contributed by atoms with Crippen molar-refractivity contribution in [3.05, 3.63) is 29.8 Å². The zero-order chi connectivity index (χ0) is 14.9. The molecule has 0 unspecified atom stereocenters. The first-order chi connectivity index (χ1) is 9.34. The normalized spacial score (nSPS) is 16.3. The summed E-state index contributed by atoms with van der Waals surface area (Å²) < 4.78 is 0. The van der Waals surface area contributed by atoms with E-state index in [2.05, 4.69) is 0 Å². The molecule has 0 atom stereocenters. The van der Waals surface area contributed by atoms with Crippen molar-refractivity contribution >= 4 is 17.6 Å². The molecule has 0 bridgehead atoms. The third-order valence-corrected chi connectivity index (χ3v) is 3.26. The molecule has 1 aliphatic heterocycles. The molecule has 5 heteroatoms. The first-order valence-corrected chi connectivity index (χ1v) is 6.49. The van der Waals surface area contributed by atoms with Gasteiger partial charge in [-0.15, -0.1) is 0 Å². The van der Waals surface area contributed by atoms with E-state index in [0.717, 1.165) is 4.90 Å². The minimum absolute atomic E-state index is 0.231. The van der Waals surface area contributed by atoms with Crippen LogP contribution in [0.1, 0.15) is 32.8 Å². The Kier molecular flexibility index (Phi) is 3.49. The SMILES string of the molecule is CC(C)(C)N1CCC(=O)N(c2cccc(C#N)c2)C1=O. The van der Waals surface area contributed by atoms with E-state index in [0.29, 0.717) is 24.2 Å². The van der Waals surface area contributed by atoms with Crippen LogP contribution in [-0.2, 0) is 4.79 Å². The maximum Gasteiger partial charge on any atom is 0.331 e. The number of hydrogen-bond donors (Lipinski definition) is 0. The zero-order valence-corrected chi connectivity index (χ0v) is 11.9. The number of carbonyl (C=O) groups excluding carboxylic acids is 2. The van der Waals surface area contributed by atoms with Crippen LogP contribution in [0.5, 0.6) is 0 Å². The number of amides is 3. The number of rotatable bonds is 1. The summed E-state index contributed by atoms with van der Waals surface area (Å²) in [5.74, 6) is -0.231. The molecule has 0 spiro atoms. The molecule has 0 saturated carbocycles. The third kappa shape index (κ3) is 2.50. The summed E-state index contributed by atoms with van der Waals surface area (Å²) in [6.45, 7) is 6.23. The number of nitrogens with zero attached hydrogens (tertiary/aromatic N) is 3. The van der Waals surface area contributed by atoms with Crippen LogP contribution in [0.4, 0.5) is 10.5 Å². The molecule has 5 nitrogen and oxygen atoms in total. The molecule has 0 aromatic heterocycles. The van der Waals surface area contributed by atoms with Crippen molar-refractivity contribution in [3.63, 3.8) is 0 Å². The molecule has 3 amide bonds. The van der Waals surface area contributed by atoms with E-state index in [9.17, 15) is 9.59 Å². The second-order valence-electron chi connectivity index (χ2n) is 5.75. The van der Waals surface area contributed by atoms with Gasteiger partial charge in [-0.05, 0) is 39.0 Å². The lowest BCUT2D eigenvalue weighted by Crippen LogP contribution is -2.58. The Morgan fingerprint density at radius 1 is 1.25 bits per heavy atom. The van der Waals surface area contributed by atoms with Gasteiger partial charge in [0.25, 0.3) is 0 Å². The maximum absolute atomic E-state index is 12.5. The van der Waals surface area contributed by atoms with E-state index in [1.165, 1.54) is 0 Å². The minimum atomic E-state index is -0.344. The highest BCUT2D eigenvalue weighted by molar-refractivity contribution is 6.16. The van der Waals surface area contributed by atoms with Crippen LogP contribution < -0.4 is 4.90 Å². The van der Waals surface area contributed by atoms with Crippen LogP contribution in [0.3, 0.4) is 0 Å². The highest BCUT2D eigenvalue weighted by Crippen LogP contribution is 2.26. The number of hydrogen-bond acceptors (Lipinski definition) is 3. The standard InChI is InChI=1S/C15H17N3O2/c1-15(2,3)17-8-7-13(19)18(14(17)20)12-6-4-5-11(9-12)10-16/h4-6,9H,7-8H2,1-3H3. The highest BCUT2D eigenvalue weighted by Gasteiger charge is 2.38. The first-order valence-electron chi connectivity index (χ1n) is 6.49. The lowest BCUT2D eigenvalue weighted by molar-refractivity contribution is -0.119. The number of urea groups is 1. The van der Waals surface area contributed by atoms with Crippen molar-refractivity contribution in [2.45, 2.75) is 32.7 Å². The molecule has 0 radical (unpaired) electrons. The van der Waals surface area contributed by atoms with Gasteiger partial charge in [0, 0.05) is 18.5 Å². The van der Waals surface area contributed by atoms with E-state index in [4.69, 9.17) is 5.26 Å². The summed E-state index contributed by atoms with van der Waals surface area (Å²) in [6.07, 6.45) is 0.291. The van der Waals surface area contributed by atoms with E-state index >= 15 is 0 Å². The molecule has 1 aromatic rings. The van der Waals surface area contributed by atoms with Gasteiger partial charge in [0.15, 0.2) is 0 Å². The highest BCUT2D eigenvalue weighted by atomic mass is 16.2. The average molecular weight is 271 g/mol. The monoisotopic (exact) mass is 271 g/mol. The fraction of sp³-hybridized carbons (Fsp3) is 0.400. The number of imide groups is 1. The van der Waals surface area contributed by atoms with Gasteiger partial charge in [0.2, 0.25) is 5.91 Å². The van der Waals surface area contributed by atoms with Gasteiger partial charge in [-0.2, -0.15) is 5.26 Å². The summed E-state index contributed by atoms with van der Waals surface area (Å²) in [7, 11) is 0. The fourth-order valence-corrected chi connectivity index (χ4v) is 2.23. The average Bonchev–Trinajstić information content (AvgIpc) is 2.37. The molecule has 104 valence electrons. The van der Waals surface area contributed by atoms with E-state index in [1.807, 2.05) is 26.8 Å². The predicted molar refractivity (Wildman–Crippen MR) is 75.1 cm³/mol. The van der Waals surface area contributed by atoms with Crippen LogP contribution in [0.15, 0.2) is 24.3 Å². The number of nitriles is 1.